The molecule has 2 unspecified atom stereocenters. The lowest BCUT2D eigenvalue weighted by Gasteiger charge is -2.36. The highest BCUT2D eigenvalue weighted by atomic mass is 16.5. The Morgan fingerprint density at radius 2 is 1.92 bits per heavy atom. The summed E-state index contributed by atoms with van der Waals surface area (Å²) >= 11 is 0. The molecule has 0 spiro atoms. The summed E-state index contributed by atoms with van der Waals surface area (Å²) in [5, 5.41) is 14.4. The summed E-state index contributed by atoms with van der Waals surface area (Å²) < 4.78 is 5.92. The minimum Gasteiger partial charge on any atom is -0.493 e. The van der Waals surface area contributed by atoms with Crippen molar-refractivity contribution in [2.24, 2.45) is 0 Å². The van der Waals surface area contributed by atoms with Crippen LogP contribution in [0.4, 0.5) is 0 Å². The molecule has 1 saturated heterocycles. The fourth-order valence-corrected chi connectivity index (χ4v) is 3.14. The van der Waals surface area contributed by atoms with Crippen molar-refractivity contribution in [1.29, 1.82) is 0 Å². The molecule has 0 amide bonds. The van der Waals surface area contributed by atoms with Crippen LogP contribution >= 0.6 is 0 Å². The van der Waals surface area contributed by atoms with Gasteiger partial charge >= 0.3 is 0 Å². The smallest absolute Gasteiger partial charge is 0.125 e. The predicted octanol–water partition coefficient (Wildman–Crippen LogP) is 3.10. The summed E-state index contributed by atoms with van der Waals surface area (Å²) in [5.74, 6) is 0.819. The number of hydrogen-bond donors (Lipinski definition) is 2. The topological polar surface area (TPSA) is 44.7 Å². The molecule has 0 bridgehead atoms. The molecule has 24 heavy (non-hydrogen) atoms. The van der Waals surface area contributed by atoms with E-state index in [4.69, 9.17) is 4.74 Å². The fraction of sp³-hybridized carbons (Fsp3) is 0.700. The lowest BCUT2D eigenvalue weighted by molar-refractivity contribution is 0.0489. The highest BCUT2D eigenvalue weighted by Gasteiger charge is 2.28. The van der Waals surface area contributed by atoms with Crippen LogP contribution in [0.25, 0.3) is 0 Å². The van der Waals surface area contributed by atoms with Gasteiger partial charge in [-0.3, -0.25) is 4.90 Å². The van der Waals surface area contributed by atoms with Crippen LogP contribution in [0.15, 0.2) is 18.2 Å². The Morgan fingerprint density at radius 3 is 2.50 bits per heavy atom. The second kappa shape index (κ2) is 8.32. The van der Waals surface area contributed by atoms with Crippen LogP contribution in [-0.2, 0) is 5.41 Å². The Morgan fingerprint density at radius 1 is 1.25 bits per heavy atom. The molecule has 1 fully saturated rings. The molecule has 0 aliphatic carbocycles. The predicted molar refractivity (Wildman–Crippen MR) is 99.8 cm³/mol. The molecular formula is C20H34N2O2. The summed E-state index contributed by atoms with van der Waals surface area (Å²) in [4.78, 5) is 2.36. The van der Waals surface area contributed by atoms with Gasteiger partial charge in [0, 0.05) is 37.8 Å². The van der Waals surface area contributed by atoms with Gasteiger partial charge in [0.15, 0.2) is 0 Å². The largest absolute Gasteiger partial charge is 0.493 e. The molecule has 0 saturated carbocycles. The number of nitrogens with zero attached hydrogens (tertiary/aromatic N) is 1. The lowest BCUT2D eigenvalue weighted by Crippen LogP contribution is -2.49. The van der Waals surface area contributed by atoms with E-state index in [2.05, 4.69) is 57.0 Å². The number of aliphatic hydroxyl groups is 1. The average molecular weight is 335 g/mol. The zero-order valence-electron chi connectivity index (χ0n) is 15.9. The Hall–Kier alpha value is -1.10. The van der Waals surface area contributed by atoms with Crippen molar-refractivity contribution >= 4 is 0 Å². The van der Waals surface area contributed by atoms with E-state index in [-0.39, 0.29) is 11.5 Å². The van der Waals surface area contributed by atoms with Crippen molar-refractivity contribution in [1.82, 2.24) is 10.2 Å². The quantitative estimate of drug-likeness (QED) is 0.839. The van der Waals surface area contributed by atoms with Gasteiger partial charge in [0.2, 0.25) is 0 Å². The molecule has 1 heterocycles. The van der Waals surface area contributed by atoms with Crippen LogP contribution < -0.4 is 10.1 Å². The van der Waals surface area contributed by atoms with Crippen molar-refractivity contribution < 1.29 is 9.84 Å². The third-order valence-corrected chi connectivity index (χ3v) is 4.84. The number of hydrogen-bond acceptors (Lipinski definition) is 4. The van der Waals surface area contributed by atoms with Crippen LogP contribution in [0.5, 0.6) is 5.75 Å². The molecule has 2 N–H and O–H groups in total. The second-order valence-electron chi connectivity index (χ2n) is 7.82. The summed E-state index contributed by atoms with van der Waals surface area (Å²) in [5.41, 5.74) is 2.20. The highest BCUT2D eigenvalue weighted by molar-refractivity contribution is 5.41. The number of benzene rings is 1. The maximum Gasteiger partial charge on any atom is 0.125 e. The normalized spacial score (nSPS) is 19.1. The van der Waals surface area contributed by atoms with Gasteiger partial charge < -0.3 is 15.2 Å². The average Bonchev–Trinajstić information content (AvgIpc) is 2.58. The number of ether oxygens (including phenoxy) is 1. The van der Waals surface area contributed by atoms with Crippen molar-refractivity contribution in [3.8, 4) is 5.75 Å². The van der Waals surface area contributed by atoms with E-state index in [0.717, 1.165) is 43.9 Å². The molecule has 4 nitrogen and oxygen atoms in total. The zero-order valence-corrected chi connectivity index (χ0v) is 15.9. The number of aliphatic hydroxyl groups excluding tert-OH is 1. The molecule has 0 aromatic heterocycles. The second-order valence-corrected chi connectivity index (χ2v) is 7.82. The van der Waals surface area contributed by atoms with Gasteiger partial charge in [-0.25, -0.2) is 0 Å². The highest BCUT2D eigenvalue weighted by Crippen LogP contribution is 2.34. The summed E-state index contributed by atoms with van der Waals surface area (Å²) in [6.07, 6.45) is 0.418. The first-order valence-corrected chi connectivity index (χ1v) is 9.24. The van der Waals surface area contributed by atoms with E-state index < -0.39 is 6.10 Å². The molecule has 0 radical (unpaired) electrons. The van der Waals surface area contributed by atoms with E-state index in [0.29, 0.717) is 6.61 Å². The van der Waals surface area contributed by atoms with Crippen molar-refractivity contribution in [2.75, 3.05) is 32.8 Å². The van der Waals surface area contributed by atoms with E-state index in [1.807, 2.05) is 6.07 Å². The molecule has 1 aliphatic heterocycles. The van der Waals surface area contributed by atoms with Gasteiger partial charge in [-0.05, 0) is 36.5 Å². The maximum atomic E-state index is 11.1. The Labute approximate surface area is 147 Å². The SMILES string of the molecule is CCCOc1ccc(C(C)(C)C)cc1C(O)C(C)N1CCNCC1. The Bertz CT molecular complexity index is 519. The molecule has 4 heteroatoms. The van der Waals surface area contributed by atoms with E-state index in [1.54, 1.807) is 0 Å². The third kappa shape index (κ3) is 4.71. The van der Waals surface area contributed by atoms with Crippen LogP contribution in [0.3, 0.4) is 0 Å². The van der Waals surface area contributed by atoms with Gasteiger partial charge in [0.05, 0.1) is 12.7 Å². The minimum absolute atomic E-state index is 0.0516. The summed E-state index contributed by atoms with van der Waals surface area (Å²) in [6, 6.07) is 6.36. The van der Waals surface area contributed by atoms with Gasteiger partial charge in [0.1, 0.15) is 5.75 Å². The first-order chi connectivity index (χ1) is 11.3. The first-order valence-electron chi connectivity index (χ1n) is 9.24. The van der Waals surface area contributed by atoms with Crippen LogP contribution in [0, 0.1) is 0 Å². The van der Waals surface area contributed by atoms with Crippen molar-refractivity contribution in [3.63, 3.8) is 0 Å². The molecular weight excluding hydrogens is 300 g/mol. The van der Waals surface area contributed by atoms with Gasteiger partial charge in [-0.15, -0.1) is 0 Å². The standard InChI is InChI=1S/C20H34N2O2/c1-6-13-24-18-8-7-16(20(3,4)5)14-17(18)19(23)15(2)22-11-9-21-10-12-22/h7-8,14-15,19,21,23H,6,9-13H2,1-5H3. The third-order valence-electron chi connectivity index (χ3n) is 4.84. The van der Waals surface area contributed by atoms with Gasteiger partial charge in [-0.1, -0.05) is 33.8 Å². The number of piperazine rings is 1. The zero-order chi connectivity index (χ0) is 17.7. The van der Waals surface area contributed by atoms with Gasteiger partial charge in [0.25, 0.3) is 0 Å². The van der Waals surface area contributed by atoms with Crippen molar-refractivity contribution in [2.45, 2.75) is 58.6 Å². The number of rotatable bonds is 6. The minimum atomic E-state index is -0.544. The fourth-order valence-electron chi connectivity index (χ4n) is 3.14. The van der Waals surface area contributed by atoms with Crippen LogP contribution in [0.1, 0.15) is 58.3 Å². The van der Waals surface area contributed by atoms with Crippen molar-refractivity contribution in [3.05, 3.63) is 29.3 Å². The maximum absolute atomic E-state index is 11.1. The van der Waals surface area contributed by atoms with E-state index in [1.165, 1.54) is 5.56 Å². The summed E-state index contributed by atoms with van der Waals surface area (Å²) in [6.45, 7) is 15.4. The molecule has 2 atom stereocenters. The van der Waals surface area contributed by atoms with Gasteiger partial charge in [-0.2, -0.15) is 0 Å². The first kappa shape index (κ1) is 19.2. The Kier molecular flexibility index (Phi) is 6.67. The summed E-state index contributed by atoms with van der Waals surface area (Å²) in [7, 11) is 0. The monoisotopic (exact) mass is 334 g/mol. The van der Waals surface area contributed by atoms with E-state index >= 15 is 0 Å². The molecule has 1 aliphatic rings. The number of nitrogens with one attached hydrogen (secondary N) is 1. The van der Waals surface area contributed by atoms with Crippen LogP contribution in [-0.4, -0.2) is 48.8 Å². The molecule has 1 aromatic rings. The molecule has 1 aromatic carbocycles. The lowest BCUT2D eigenvalue weighted by atomic mass is 9.85. The van der Waals surface area contributed by atoms with E-state index in [9.17, 15) is 5.11 Å². The molecule has 2 rings (SSSR count). The van der Waals surface area contributed by atoms with Crippen LogP contribution in [0.2, 0.25) is 0 Å². The Balaban J connectivity index is 2.28. The molecule has 136 valence electrons.